The van der Waals surface area contributed by atoms with Gasteiger partial charge in [0.1, 0.15) is 0 Å². The fourth-order valence-corrected chi connectivity index (χ4v) is 6.71. The van der Waals surface area contributed by atoms with Gasteiger partial charge in [-0.05, 0) is 41.0 Å². The predicted octanol–water partition coefficient (Wildman–Crippen LogP) is 4.82. The van der Waals surface area contributed by atoms with E-state index in [1.54, 1.807) is 46.8 Å². The second-order valence-corrected chi connectivity index (χ2v) is 12.8. The van der Waals surface area contributed by atoms with E-state index in [1.807, 2.05) is 66.7 Å². The van der Waals surface area contributed by atoms with Gasteiger partial charge in [0.15, 0.2) is 5.13 Å². The second-order valence-electron chi connectivity index (χ2n) is 10.4. The van der Waals surface area contributed by atoms with Gasteiger partial charge >= 0.3 is 0 Å². The Morgan fingerprint density at radius 3 is 2.34 bits per heavy atom. The number of piperazine rings is 1. The first-order chi connectivity index (χ1) is 21.4. The summed E-state index contributed by atoms with van der Waals surface area (Å²) in [6, 6.07) is 24.6. The zero-order valence-corrected chi connectivity index (χ0v) is 26.1. The lowest BCUT2D eigenvalue weighted by Gasteiger charge is -2.34. The standard InChI is InChI=1S/C33H35N5O4S2/c1-23(40)37-14-16-38(17-15-37)32(42)28-9-5-6-25(18-28)22-43-30-20-35-33(44-30)36-31(41)27-12-10-24(11-13-27)19-34-29(21-39)26-7-3-2-4-8-26/h2-13,18,20,29,34,39H,14-17,19,21-22H2,1H3,(H,35,36,41)/t29-/m0/s1. The highest BCUT2D eigenvalue weighted by atomic mass is 32.2. The van der Waals surface area contributed by atoms with E-state index in [9.17, 15) is 19.5 Å². The summed E-state index contributed by atoms with van der Waals surface area (Å²) >= 11 is 3.00. The molecule has 4 aromatic rings. The predicted molar refractivity (Wildman–Crippen MR) is 174 cm³/mol. The Kier molecular flexibility index (Phi) is 10.8. The molecule has 9 nitrogen and oxygen atoms in total. The van der Waals surface area contributed by atoms with Crippen LogP contribution in [0.4, 0.5) is 5.13 Å². The normalized spacial score (nSPS) is 13.9. The van der Waals surface area contributed by atoms with Gasteiger partial charge in [-0.2, -0.15) is 0 Å². The number of rotatable bonds is 11. The highest BCUT2D eigenvalue weighted by Crippen LogP contribution is 2.31. The maximum atomic E-state index is 13.0. The number of thioether (sulfide) groups is 1. The third kappa shape index (κ3) is 8.32. The summed E-state index contributed by atoms with van der Waals surface area (Å²) in [5.41, 5.74) is 4.22. The summed E-state index contributed by atoms with van der Waals surface area (Å²) < 4.78 is 0.954. The van der Waals surface area contributed by atoms with Crippen LogP contribution in [-0.2, 0) is 17.1 Å². The third-order valence-corrected chi connectivity index (χ3v) is 9.60. The van der Waals surface area contributed by atoms with Crippen LogP contribution in [0.5, 0.6) is 0 Å². The fraction of sp³-hybridized carbons (Fsp3) is 0.273. The molecule has 228 valence electrons. The van der Waals surface area contributed by atoms with Crippen molar-refractivity contribution in [2.75, 3.05) is 38.1 Å². The number of benzene rings is 3. The van der Waals surface area contributed by atoms with Gasteiger partial charge in [0.25, 0.3) is 11.8 Å². The molecular formula is C33H35N5O4S2. The summed E-state index contributed by atoms with van der Waals surface area (Å²) in [4.78, 5) is 45.4. The molecule has 1 saturated heterocycles. The van der Waals surface area contributed by atoms with Gasteiger partial charge in [0, 0.05) is 56.5 Å². The molecule has 0 unspecified atom stereocenters. The van der Waals surface area contributed by atoms with Gasteiger partial charge in [-0.1, -0.05) is 65.9 Å². The number of aliphatic hydroxyl groups excluding tert-OH is 1. The number of anilines is 1. The molecule has 0 radical (unpaired) electrons. The molecule has 44 heavy (non-hydrogen) atoms. The zero-order chi connectivity index (χ0) is 30.9. The number of carbonyl (C=O) groups excluding carboxylic acids is 3. The fourth-order valence-electron chi connectivity index (χ4n) is 4.90. The molecule has 0 bridgehead atoms. The largest absolute Gasteiger partial charge is 0.394 e. The zero-order valence-electron chi connectivity index (χ0n) is 24.4. The van der Waals surface area contributed by atoms with E-state index >= 15 is 0 Å². The smallest absolute Gasteiger partial charge is 0.257 e. The molecule has 5 rings (SSSR count). The highest BCUT2D eigenvalue weighted by molar-refractivity contribution is 8.00. The molecule has 1 aliphatic heterocycles. The van der Waals surface area contributed by atoms with Gasteiger partial charge in [0.2, 0.25) is 5.91 Å². The topological polar surface area (TPSA) is 115 Å². The van der Waals surface area contributed by atoms with Crippen molar-refractivity contribution >= 4 is 46.0 Å². The molecule has 3 aromatic carbocycles. The monoisotopic (exact) mass is 629 g/mol. The minimum absolute atomic E-state index is 0.00747. The van der Waals surface area contributed by atoms with E-state index in [0.717, 1.165) is 20.9 Å². The first-order valence-corrected chi connectivity index (χ1v) is 16.2. The maximum Gasteiger partial charge on any atom is 0.257 e. The maximum absolute atomic E-state index is 13.0. The molecule has 1 aliphatic rings. The van der Waals surface area contributed by atoms with Crippen molar-refractivity contribution < 1.29 is 19.5 Å². The van der Waals surface area contributed by atoms with Crippen LogP contribution in [0, 0.1) is 0 Å². The first kappa shape index (κ1) is 31.4. The molecule has 0 aliphatic carbocycles. The van der Waals surface area contributed by atoms with Crippen molar-refractivity contribution in [3.8, 4) is 0 Å². The Bertz CT molecular complexity index is 1570. The van der Waals surface area contributed by atoms with E-state index in [2.05, 4.69) is 15.6 Å². The average Bonchev–Trinajstić information content (AvgIpc) is 3.51. The minimum atomic E-state index is -0.233. The van der Waals surface area contributed by atoms with Crippen LogP contribution >= 0.6 is 23.1 Å². The Balaban J connectivity index is 1.09. The van der Waals surface area contributed by atoms with Crippen LogP contribution in [0.2, 0.25) is 0 Å². The van der Waals surface area contributed by atoms with Crippen molar-refractivity contribution in [3.63, 3.8) is 0 Å². The average molecular weight is 630 g/mol. The number of amides is 3. The van der Waals surface area contributed by atoms with Gasteiger partial charge in [0.05, 0.1) is 23.1 Å². The number of hydrogen-bond acceptors (Lipinski definition) is 8. The van der Waals surface area contributed by atoms with E-state index in [-0.39, 0.29) is 30.4 Å². The number of nitrogens with one attached hydrogen (secondary N) is 2. The molecule has 2 heterocycles. The van der Waals surface area contributed by atoms with Crippen molar-refractivity contribution in [2.24, 2.45) is 0 Å². The lowest BCUT2D eigenvalue weighted by molar-refractivity contribution is -0.130. The number of aromatic nitrogens is 1. The van der Waals surface area contributed by atoms with Crippen molar-refractivity contribution in [2.45, 2.75) is 29.5 Å². The second kappa shape index (κ2) is 15.1. The number of nitrogens with zero attached hydrogens (tertiary/aromatic N) is 3. The first-order valence-electron chi connectivity index (χ1n) is 14.4. The van der Waals surface area contributed by atoms with Crippen LogP contribution in [0.25, 0.3) is 0 Å². The molecule has 1 aromatic heterocycles. The van der Waals surface area contributed by atoms with Crippen LogP contribution in [0.3, 0.4) is 0 Å². The van der Waals surface area contributed by atoms with Gasteiger partial charge in [-0.3, -0.25) is 19.7 Å². The van der Waals surface area contributed by atoms with Gasteiger partial charge < -0.3 is 20.2 Å². The van der Waals surface area contributed by atoms with Crippen LogP contribution in [-0.4, -0.2) is 70.4 Å². The molecule has 0 spiro atoms. The summed E-state index contributed by atoms with van der Waals surface area (Å²) in [7, 11) is 0. The number of carbonyl (C=O) groups is 3. The minimum Gasteiger partial charge on any atom is -0.394 e. The lowest BCUT2D eigenvalue weighted by Crippen LogP contribution is -2.50. The molecule has 3 amide bonds. The van der Waals surface area contributed by atoms with Crippen LogP contribution in [0.1, 0.15) is 50.4 Å². The van der Waals surface area contributed by atoms with E-state index in [1.165, 1.54) is 11.3 Å². The van der Waals surface area contributed by atoms with Crippen molar-refractivity contribution in [1.29, 1.82) is 0 Å². The summed E-state index contributed by atoms with van der Waals surface area (Å²) in [6.45, 7) is 4.30. The van der Waals surface area contributed by atoms with Gasteiger partial charge in [-0.25, -0.2) is 4.98 Å². The van der Waals surface area contributed by atoms with Crippen molar-refractivity contribution in [1.82, 2.24) is 20.1 Å². The number of hydrogen-bond donors (Lipinski definition) is 3. The summed E-state index contributed by atoms with van der Waals surface area (Å²) in [5, 5.41) is 16.5. The molecule has 11 heteroatoms. The third-order valence-electron chi connectivity index (χ3n) is 7.43. The Labute approximate surface area is 265 Å². The summed E-state index contributed by atoms with van der Waals surface area (Å²) in [6.07, 6.45) is 1.74. The van der Waals surface area contributed by atoms with Crippen molar-refractivity contribution in [3.05, 3.63) is 113 Å². The SMILES string of the molecule is CC(=O)N1CCN(C(=O)c2cccc(CSc3cnc(NC(=O)c4ccc(CN[C@@H](CO)c5ccccc5)cc4)s3)c2)CC1. The van der Waals surface area contributed by atoms with E-state index in [0.29, 0.717) is 54.7 Å². The molecule has 1 atom stereocenters. The number of thiazole rings is 1. The molecule has 3 N–H and O–H groups in total. The van der Waals surface area contributed by atoms with E-state index in [4.69, 9.17) is 0 Å². The number of aliphatic hydroxyl groups is 1. The van der Waals surface area contributed by atoms with Crippen LogP contribution < -0.4 is 10.6 Å². The van der Waals surface area contributed by atoms with Crippen LogP contribution in [0.15, 0.2) is 89.3 Å². The Hall–Kier alpha value is -4.03. The molecule has 1 fully saturated rings. The highest BCUT2D eigenvalue weighted by Gasteiger charge is 2.23. The molecule has 0 saturated carbocycles. The van der Waals surface area contributed by atoms with Gasteiger partial charge in [-0.15, -0.1) is 11.8 Å². The Morgan fingerprint density at radius 2 is 1.64 bits per heavy atom. The quantitative estimate of drug-likeness (QED) is 0.204. The Morgan fingerprint density at radius 1 is 0.909 bits per heavy atom. The summed E-state index contributed by atoms with van der Waals surface area (Å²) in [5.74, 6) is 0.445. The van der Waals surface area contributed by atoms with E-state index < -0.39 is 0 Å². The molecular weight excluding hydrogens is 595 g/mol. The lowest BCUT2D eigenvalue weighted by atomic mass is 10.1.